The van der Waals surface area contributed by atoms with E-state index >= 15 is 0 Å². The molecule has 3 aromatic rings. The number of carbonyl (C=O) groups is 2. The van der Waals surface area contributed by atoms with Crippen LogP contribution < -0.4 is 10.1 Å². The molecular weight excluding hydrogens is 426 g/mol. The molecule has 3 rings (SSSR count). The van der Waals surface area contributed by atoms with Crippen molar-refractivity contribution in [1.29, 1.82) is 0 Å². The number of para-hydroxylation sites is 1. The van der Waals surface area contributed by atoms with Gasteiger partial charge in [-0.2, -0.15) is 0 Å². The van der Waals surface area contributed by atoms with Crippen LogP contribution in [-0.2, 0) is 4.79 Å². The zero-order valence-electron chi connectivity index (χ0n) is 19.2. The van der Waals surface area contributed by atoms with Crippen LogP contribution in [0.15, 0.2) is 48.5 Å². The summed E-state index contributed by atoms with van der Waals surface area (Å²) in [4.78, 5) is 28.3. The maximum Gasteiger partial charge on any atom is 0.316 e. The fraction of sp³-hybridized carbons (Fsp3) is 0.360. The van der Waals surface area contributed by atoms with Crippen molar-refractivity contribution in [2.45, 2.75) is 27.2 Å². The average molecular weight is 456 g/mol. The van der Waals surface area contributed by atoms with Gasteiger partial charge in [0.2, 0.25) is 0 Å². The number of esters is 1. The Hall–Kier alpha value is -2.83. The van der Waals surface area contributed by atoms with E-state index in [1.807, 2.05) is 55.1 Å². The standard InChI is InChI=1S/C25H30ClN3O3/c1-25(2,3)24(31)32-22-19-9-6-7-10-20(19)29(18-13-11-17(26)12-14-18)21(22)23(30)27-15-8-16-28(4)5/h6-7,9-14H,8,15-16H2,1-5H3,(H,27,30). The number of halogens is 1. The highest BCUT2D eigenvalue weighted by Crippen LogP contribution is 2.37. The van der Waals surface area contributed by atoms with Crippen LogP contribution in [0.4, 0.5) is 0 Å². The molecule has 0 fully saturated rings. The zero-order chi connectivity index (χ0) is 23.5. The molecule has 1 heterocycles. The summed E-state index contributed by atoms with van der Waals surface area (Å²) in [6.07, 6.45) is 0.803. The van der Waals surface area contributed by atoms with E-state index in [1.165, 1.54) is 0 Å². The molecule has 0 radical (unpaired) electrons. The van der Waals surface area contributed by atoms with Crippen molar-refractivity contribution < 1.29 is 14.3 Å². The molecule has 0 saturated carbocycles. The molecule has 170 valence electrons. The number of nitrogens with zero attached hydrogens (tertiary/aromatic N) is 2. The molecule has 0 aliphatic carbocycles. The monoisotopic (exact) mass is 455 g/mol. The van der Waals surface area contributed by atoms with Crippen molar-refractivity contribution in [3.05, 3.63) is 59.2 Å². The van der Waals surface area contributed by atoms with Crippen LogP contribution in [0.3, 0.4) is 0 Å². The van der Waals surface area contributed by atoms with Crippen molar-refractivity contribution in [3.63, 3.8) is 0 Å². The summed E-state index contributed by atoms with van der Waals surface area (Å²) in [6.45, 7) is 6.72. The largest absolute Gasteiger partial charge is 0.423 e. The molecule has 1 amide bonds. The fourth-order valence-electron chi connectivity index (χ4n) is 3.30. The van der Waals surface area contributed by atoms with Gasteiger partial charge in [0.1, 0.15) is 0 Å². The van der Waals surface area contributed by atoms with Gasteiger partial charge in [0.15, 0.2) is 11.4 Å². The summed E-state index contributed by atoms with van der Waals surface area (Å²) in [5, 5.41) is 4.28. The highest BCUT2D eigenvalue weighted by molar-refractivity contribution is 6.30. The number of ether oxygens (including phenoxy) is 1. The Bertz CT molecular complexity index is 1110. The van der Waals surface area contributed by atoms with Crippen LogP contribution in [0.1, 0.15) is 37.7 Å². The molecule has 0 saturated heterocycles. The second kappa shape index (κ2) is 9.76. The predicted molar refractivity (Wildman–Crippen MR) is 129 cm³/mol. The highest BCUT2D eigenvalue weighted by Gasteiger charge is 2.30. The molecule has 1 N–H and O–H groups in total. The first kappa shape index (κ1) is 23.8. The first-order chi connectivity index (χ1) is 15.1. The Morgan fingerprint density at radius 2 is 1.72 bits per heavy atom. The summed E-state index contributed by atoms with van der Waals surface area (Å²) >= 11 is 6.09. The number of fused-ring (bicyclic) bond motifs is 1. The van der Waals surface area contributed by atoms with E-state index in [0.29, 0.717) is 17.0 Å². The predicted octanol–water partition coefficient (Wildman–Crippen LogP) is 4.92. The van der Waals surface area contributed by atoms with Gasteiger partial charge in [-0.25, -0.2) is 0 Å². The summed E-state index contributed by atoms with van der Waals surface area (Å²) in [5.74, 6) is -0.439. The number of nitrogens with one attached hydrogen (secondary N) is 1. The summed E-state index contributed by atoms with van der Waals surface area (Å²) < 4.78 is 7.68. The molecule has 7 heteroatoms. The lowest BCUT2D eigenvalue weighted by atomic mass is 9.97. The molecule has 0 aliphatic rings. The third-order valence-electron chi connectivity index (χ3n) is 5.00. The maximum absolute atomic E-state index is 13.4. The Morgan fingerprint density at radius 1 is 1.06 bits per heavy atom. The summed E-state index contributed by atoms with van der Waals surface area (Å²) in [7, 11) is 3.98. The van der Waals surface area contributed by atoms with E-state index in [9.17, 15) is 9.59 Å². The zero-order valence-corrected chi connectivity index (χ0v) is 20.0. The topological polar surface area (TPSA) is 63.6 Å². The molecule has 0 unspecified atom stereocenters. The minimum absolute atomic E-state index is 0.264. The van der Waals surface area contributed by atoms with E-state index in [2.05, 4.69) is 10.2 Å². The molecule has 32 heavy (non-hydrogen) atoms. The Morgan fingerprint density at radius 3 is 2.34 bits per heavy atom. The van der Waals surface area contributed by atoms with Crippen LogP contribution in [-0.4, -0.2) is 48.5 Å². The quantitative estimate of drug-likeness (QED) is 0.406. The molecule has 0 spiro atoms. The van der Waals surface area contributed by atoms with Crippen LogP contribution in [0.2, 0.25) is 5.02 Å². The van der Waals surface area contributed by atoms with Gasteiger partial charge in [-0.05, 0) is 84.2 Å². The Labute approximate surface area is 194 Å². The van der Waals surface area contributed by atoms with Crippen LogP contribution in [0.25, 0.3) is 16.6 Å². The minimum Gasteiger partial charge on any atom is -0.423 e. The SMILES string of the molecule is CN(C)CCCNC(=O)c1c(OC(=O)C(C)(C)C)c2ccccc2n1-c1ccc(Cl)cc1. The van der Waals surface area contributed by atoms with Gasteiger partial charge in [-0.1, -0.05) is 23.7 Å². The molecule has 0 aliphatic heterocycles. The van der Waals surface area contributed by atoms with Crippen molar-refractivity contribution in [3.8, 4) is 11.4 Å². The first-order valence-corrected chi connectivity index (χ1v) is 11.0. The van der Waals surface area contributed by atoms with Crippen LogP contribution in [0, 0.1) is 5.41 Å². The van der Waals surface area contributed by atoms with Crippen molar-refractivity contribution in [2.75, 3.05) is 27.2 Å². The second-order valence-corrected chi connectivity index (χ2v) is 9.50. The normalized spacial score (nSPS) is 11.7. The smallest absolute Gasteiger partial charge is 0.316 e. The van der Waals surface area contributed by atoms with Gasteiger partial charge < -0.3 is 19.5 Å². The number of carbonyl (C=O) groups excluding carboxylic acids is 2. The van der Waals surface area contributed by atoms with Crippen molar-refractivity contribution >= 4 is 34.4 Å². The number of hydrogen-bond donors (Lipinski definition) is 1. The summed E-state index contributed by atoms with van der Waals surface area (Å²) in [5.41, 5.74) is 1.09. The van der Waals surface area contributed by atoms with Gasteiger partial charge in [0, 0.05) is 22.6 Å². The number of aromatic nitrogens is 1. The van der Waals surface area contributed by atoms with E-state index < -0.39 is 11.4 Å². The second-order valence-electron chi connectivity index (χ2n) is 9.06. The van der Waals surface area contributed by atoms with Crippen LogP contribution in [0.5, 0.6) is 5.75 Å². The maximum atomic E-state index is 13.4. The molecule has 0 bridgehead atoms. The van der Waals surface area contributed by atoms with Crippen LogP contribution >= 0.6 is 11.6 Å². The van der Waals surface area contributed by atoms with Crippen molar-refractivity contribution in [1.82, 2.24) is 14.8 Å². The van der Waals surface area contributed by atoms with E-state index in [1.54, 1.807) is 32.9 Å². The first-order valence-electron chi connectivity index (χ1n) is 10.6. The van der Waals surface area contributed by atoms with E-state index in [-0.39, 0.29) is 17.4 Å². The molecular formula is C25H30ClN3O3. The molecule has 6 nitrogen and oxygen atoms in total. The van der Waals surface area contributed by atoms with Gasteiger partial charge in [0.25, 0.3) is 5.91 Å². The molecule has 2 aromatic carbocycles. The average Bonchev–Trinajstić information content (AvgIpc) is 3.05. The number of hydrogen-bond acceptors (Lipinski definition) is 4. The third kappa shape index (κ3) is 5.31. The number of rotatable bonds is 7. The third-order valence-corrected chi connectivity index (χ3v) is 5.25. The lowest BCUT2D eigenvalue weighted by Gasteiger charge is -2.18. The molecule has 1 aromatic heterocycles. The van der Waals surface area contributed by atoms with Gasteiger partial charge in [-0.3, -0.25) is 9.59 Å². The van der Waals surface area contributed by atoms with E-state index in [4.69, 9.17) is 16.3 Å². The lowest BCUT2D eigenvalue weighted by molar-refractivity contribution is -0.142. The fourth-order valence-corrected chi connectivity index (χ4v) is 3.43. The van der Waals surface area contributed by atoms with E-state index in [0.717, 1.165) is 24.2 Å². The number of benzene rings is 2. The Balaban J connectivity index is 2.14. The van der Waals surface area contributed by atoms with Gasteiger partial charge in [0.05, 0.1) is 10.9 Å². The highest BCUT2D eigenvalue weighted by atomic mass is 35.5. The van der Waals surface area contributed by atoms with Gasteiger partial charge >= 0.3 is 5.97 Å². The van der Waals surface area contributed by atoms with Gasteiger partial charge in [-0.15, -0.1) is 0 Å². The minimum atomic E-state index is -0.719. The molecule has 0 atom stereocenters. The lowest BCUT2D eigenvalue weighted by Crippen LogP contribution is -2.30. The Kier molecular flexibility index (Phi) is 7.26. The van der Waals surface area contributed by atoms with Crippen molar-refractivity contribution in [2.24, 2.45) is 5.41 Å². The summed E-state index contributed by atoms with van der Waals surface area (Å²) in [6, 6.07) is 14.7. The number of amides is 1.